The molecule has 0 aliphatic heterocycles. The first-order valence-electron chi connectivity index (χ1n) is 9.75. The van der Waals surface area contributed by atoms with Crippen LogP contribution in [0.1, 0.15) is 5.48 Å². The number of nitrogen functional groups attached to an aromatic ring is 1. The molecule has 3 N–H and O–H groups in total. The molecule has 35 heavy (non-hydrogen) atoms. The van der Waals surface area contributed by atoms with E-state index >= 15 is 0 Å². The smallest absolute Gasteiger partial charge is 0.140 e. The van der Waals surface area contributed by atoms with E-state index in [1.54, 1.807) is 124 Å². The second-order valence-electron chi connectivity index (χ2n) is 4.63. The number of hydrogen-bond acceptors (Lipinski definition) is 4. The zero-order chi connectivity index (χ0) is 28.6. The first-order chi connectivity index (χ1) is 18.8. The van der Waals surface area contributed by atoms with Gasteiger partial charge < -0.3 is 10.7 Å². The van der Waals surface area contributed by atoms with Gasteiger partial charge in [0, 0.05) is 176 Å². The van der Waals surface area contributed by atoms with Crippen molar-refractivity contribution in [3.05, 3.63) is 48.2 Å². The molecular formula is C13H10FN3S18. The molecular weight excluding hydrogens is 794 g/mol. The second-order valence-corrected chi connectivity index (χ2v) is 32.9. The van der Waals surface area contributed by atoms with Crippen LogP contribution in [-0.2, 0) is 164 Å². The predicted octanol–water partition coefficient (Wildman–Crippen LogP) is 2.91. The number of nitrogens with zero attached hydrogens (tertiary/aromatic N) is 1. The molecule has 192 valence electrons. The van der Waals surface area contributed by atoms with E-state index in [1.807, 2.05) is 0 Å². The molecule has 3 aromatic rings. The Balaban J connectivity index is 0.000000278. The van der Waals surface area contributed by atoms with Crippen LogP contribution < -0.4 is 5.73 Å². The lowest BCUT2D eigenvalue weighted by Gasteiger charge is -2.01. The maximum Gasteiger partial charge on any atom is 0.140 e. The van der Waals surface area contributed by atoms with Crippen LogP contribution >= 0.6 is 0 Å². The summed E-state index contributed by atoms with van der Waals surface area (Å²) in [7, 11) is 27.2. The number of nitrogens with two attached hydrogens (primary N) is 1. The summed E-state index contributed by atoms with van der Waals surface area (Å²) in [6.45, 7) is 0. The number of benzene rings is 2. The van der Waals surface area contributed by atoms with E-state index < -0.39 is 5.82 Å². The van der Waals surface area contributed by atoms with Gasteiger partial charge in [0.15, 0.2) is 0 Å². The van der Waals surface area contributed by atoms with Crippen molar-refractivity contribution >= 4 is 181 Å². The van der Waals surface area contributed by atoms with Crippen molar-refractivity contribution in [3.63, 3.8) is 0 Å². The summed E-state index contributed by atoms with van der Waals surface area (Å²) in [6.07, 6.45) is 0. The molecule has 1 heterocycles. The average molecular weight is 808 g/mol. The minimum absolute atomic E-state index is 0.125. The monoisotopic (exact) mass is 807 g/mol. The summed E-state index contributed by atoms with van der Waals surface area (Å²) in [5, 5.41) is 0. The van der Waals surface area contributed by atoms with E-state index in [4.69, 9.17) is 33.6 Å². The van der Waals surface area contributed by atoms with Crippen molar-refractivity contribution in [2.45, 2.75) is 0 Å². The largest absolute Gasteiger partial charge is 0.398 e. The number of aromatic nitrogens is 2. The minimum atomic E-state index is -0.475. The van der Waals surface area contributed by atoms with Gasteiger partial charge in [0.25, 0.3) is 0 Å². The maximum atomic E-state index is 13.1. The van der Waals surface area contributed by atoms with Crippen molar-refractivity contribution in [1.82, 2.24) is 9.97 Å². The van der Waals surface area contributed by atoms with Crippen LogP contribution in [0.2, 0.25) is 0 Å². The molecule has 0 amide bonds. The van der Waals surface area contributed by atoms with Gasteiger partial charge in [0.2, 0.25) is 0 Å². The van der Waals surface area contributed by atoms with Crippen molar-refractivity contribution in [2.75, 3.05) is 5.73 Å². The summed E-state index contributed by atoms with van der Waals surface area (Å²) in [6, 6.07) is 2.71. The molecule has 0 aliphatic rings. The first-order valence-corrected chi connectivity index (χ1v) is 30.4. The zero-order valence-electron chi connectivity index (χ0n) is 20.0. The number of anilines is 1. The Morgan fingerprint density at radius 2 is 1.26 bits per heavy atom. The van der Waals surface area contributed by atoms with E-state index in [0.29, 0.717) is 5.56 Å². The molecule has 0 radical (unpaired) electrons. The number of halogens is 1. The SMILES string of the molecule is S=S=S=S=S=S=S=S=S=S=S=S=S=S=S=S=S=S.[2H]c1c([2H])c([2H])c2[nH]c(-c3ccc(F)cc3N)nc2c1[2H]. The molecule has 0 spiro atoms. The fraction of sp³-hybridized carbons (Fsp3) is 0. The van der Waals surface area contributed by atoms with E-state index in [1.165, 1.54) is 29.9 Å². The summed E-state index contributed by atoms with van der Waals surface area (Å²) < 4.78 is 44.0. The third-order valence-corrected chi connectivity index (χ3v) is 36.2. The van der Waals surface area contributed by atoms with E-state index in [2.05, 4.69) is 9.97 Å². The summed E-state index contributed by atoms with van der Waals surface area (Å²) in [5.74, 6) is -0.203. The molecule has 22 heteroatoms. The topological polar surface area (TPSA) is 54.7 Å². The van der Waals surface area contributed by atoms with Crippen molar-refractivity contribution in [1.29, 1.82) is 0 Å². The second kappa shape index (κ2) is 21.4. The lowest BCUT2D eigenvalue weighted by atomic mass is 10.1. The summed E-state index contributed by atoms with van der Waals surface area (Å²) in [4.78, 5) is 6.99. The molecule has 0 fully saturated rings. The van der Waals surface area contributed by atoms with Gasteiger partial charge in [-0.05, 0) is 30.3 Å². The van der Waals surface area contributed by atoms with Gasteiger partial charge in [-0.1, -0.05) is 12.1 Å². The van der Waals surface area contributed by atoms with Crippen LogP contribution in [0.3, 0.4) is 0 Å². The lowest BCUT2D eigenvalue weighted by molar-refractivity contribution is 0.628. The Bertz CT molecular complexity index is 2000. The minimum Gasteiger partial charge on any atom is -0.398 e. The molecule has 3 nitrogen and oxygen atoms in total. The van der Waals surface area contributed by atoms with Crippen LogP contribution in [0.15, 0.2) is 42.4 Å². The van der Waals surface area contributed by atoms with Crippen LogP contribution in [0.5, 0.6) is 0 Å². The van der Waals surface area contributed by atoms with Crippen LogP contribution in [0, 0.1) is 5.82 Å². The molecule has 1 aromatic heterocycles. The summed E-state index contributed by atoms with van der Waals surface area (Å²) >= 11 is 9.49. The number of imidazole rings is 1. The number of nitrogens with one attached hydrogen (secondary N) is 1. The molecule has 0 saturated heterocycles. The van der Waals surface area contributed by atoms with Gasteiger partial charge in [-0.25, -0.2) is 9.37 Å². The lowest BCUT2D eigenvalue weighted by Crippen LogP contribution is -1.92. The molecule has 2 aromatic carbocycles. The maximum absolute atomic E-state index is 13.1. The number of para-hydroxylation sites is 2. The van der Waals surface area contributed by atoms with Gasteiger partial charge >= 0.3 is 0 Å². The number of rotatable bonds is 1. The number of aromatic amines is 1. The Hall–Kier alpha value is 1.60. The van der Waals surface area contributed by atoms with Crippen molar-refractivity contribution < 1.29 is 9.87 Å². The van der Waals surface area contributed by atoms with Crippen molar-refractivity contribution in [3.8, 4) is 11.4 Å². The normalized spacial score (nSPS) is 10.7. The van der Waals surface area contributed by atoms with Crippen LogP contribution in [0.25, 0.3) is 22.4 Å². The third kappa shape index (κ3) is 14.5. The predicted molar refractivity (Wildman–Crippen MR) is 198 cm³/mol. The standard InChI is InChI=1S/C13H10FN3.S18/c14-8-5-6-9(10(15)7-8)13-16-11-3-1-2-4-12(11)17-13;1-3-5-7-9-11-13-15-17-18-16-14-12-10-8-6-4-2/h1-7H,15H2,(H,16,17);/i1D,2D,3D,4D;. The van der Waals surface area contributed by atoms with Gasteiger partial charge in [-0.2, -0.15) is 0 Å². The first kappa shape index (κ1) is 26.8. The quantitative estimate of drug-likeness (QED) is 0.372. The van der Waals surface area contributed by atoms with E-state index in [9.17, 15) is 4.39 Å². The van der Waals surface area contributed by atoms with Crippen molar-refractivity contribution in [2.24, 2.45) is 0 Å². The Labute approximate surface area is 262 Å². The Kier molecular flexibility index (Phi) is 16.4. The van der Waals surface area contributed by atoms with Gasteiger partial charge in [-0.3, -0.25) is 0 Å². The van der Waals surface area contributed by atoms with Gasteiger partial charge in [0.1, 0.15) is 11.6 Å². The highest BCUT2D eigenvalue weighted by Gasteiger charge is 2.08. The molecule has 0 unspecified atom stereocenters. The molecule has 0 atom stereocenters. The van der Waals surface area contributed by atoms with E-state index in [-0.39, 0.29) is 46.7 Å². The van der Waals surface area contributed by atoms with Gasteiger partial charge in [0.05, 0.1) is 16.5 Å². The number of hydrogen-bond donors (Lipinski definition) is 2. The van der Waals surface area contributed by atoms with Crippen LogP contribution in [0.4, 0.5) is 10.1 Å². The zero-order valence-corrected chi connectivity index (χ0v) is 30.7. The molecule has 0 saturated carbocycles. The van der Waals surface area contributed by atoms with E-state index in [0.717, 1.165) is 6.07 Å². The highest BCUT2D eigenvalue weighted by molar-refractivity contribution is 8.77. The third-order valence-electron chi connectivity index (χ3n) is 2.82. The van der Waals surface area contributed by atoms with Crippen LogP contribution in [-0.4, -0.2) is 9.97 Å². The Morgan fingerprint density at radius 3 is 1.74 bits per heavy atom. The molecule has 0 bridgehead atoms. The summed E-state index contributed by atoms with van der Waals surface area (Å²) in [5.41, 5.74) is 6.67. The highest BCUT2D eigenvalue weighted by atomic mass is 33.5. The Morgan fingerprint density at radius 1 is 0.771 bits per heavy atom. The highest BCUT2D eigenvalue weighted by Crippen LogP contribution is 2.26. The number of fused-ring (bicyclic) bond motifs is 1. The van der Waals surface area contributed by atoms with Gasteiger partial charge in [-0.15, -0.1) is 0 Å². The fourth-order valence-corrected chi connectivity index (χ4v) is 40.2. The molecule has 3 rings (SSSR count). The molecule has 0 aliphatic carbocycles. The average Bonchev–Trinajstić information content (AvgIpc) is 3.37. The fourth-order valence-electron chi connectivity index (χ4n) is 1.77. The number of H-pyrrole nitrogens is 1.